The second-order valence-electron chi connectivity index (χ2n) is 22.3. The number of phenolic OH excluding ortho intramolecular Hbond substituents is 1. The molecule has 2 aromatic carbocycles. The summed E-state index contributed by atoms with van der Waals surface area (Å²) in [7, 11) is 1.68. The Labute approximate surface area is 416 Å². The normalized spacial score (nSPS) is 26.5. The second-order valence-corrected chi connectivity index (χ2v) is 22.3. The maximum Gasteiger partial charge on any atom is 0.324 e. The predicted molar refractivity (Wildman–Crippen MR) is 267 cm³/mol. The van der Waals surface area contributed by atoms with Crippen molar-refractivity contribution in [1.29, 1.82) is 0 Å². The minimum absolute atomic E-state index is 0.00259. The molecule has 0 radical (unpaired) electrons. The van der Waals surface area contributed by atoms with E-state index in [1.54, 1.807) is 30.3 Å². The number of nitrogens with one attached hydrogen (secondary N) is 3. The molecule has 1 spiro atoms. The summed E-state index contributed by atoms with van der Waals surface area (Å²) in [6.07, 6.45) is 6.40. The van der Waals surface area contributed by atoms with E-state index < -0.39 is 46.7 Å². The number of hydrogen-bond donors (Lipinski definition) is 4. The van der Waals surface area contributed by atoms with Gasteiger partial charge in [-0.2, -0.15) is 0 Å². The molecule has 10 rings (SSSR count). The van der Waals surface area contributed by atoms with E-state index in [-0.39, 0.29) is 61.2 Å². The average Bonchev–Trinajstić information content (AvgIpc) is 4.27. The molecule has 7 heterocycles. The molecule has 71 heavy (non-hydrogen) atoms. The number of esters is 1. The molecular weight excluding hydrogens is 901 g/mol. The number of phenols is 1. The molecule has 4 saturated heterocycles. The van der Waals surface area contributed by atoms with Gasteiger partial charge in [-0.05, 0) is 129 Å². The summed E-state index contributed by atoms with van der Waals surface area (Å²) in [4.78, 5) is 80.1. The Balaban J connectivity index is 0.992. The molecule has 16 heteroatoms. The Kier molecular flexibility index (Phi) is 13.0. The van der Waals surface area contributed by atoms with Gasteiger partial charge in [0.2, 0.25) is 17.7 Å². The number of hydrazine groups is 1. The van der Waals surface area contributed by atoms with Crippen molar-refractivity contribution in [2.45, 2.75) is 136 Å². The third-order valence-corrected chi connectivity index (χ3v) is 16.1. The van der Waals surface area contributed by atoms with Crippen LogP contribution in [0.25, 0.3) is 33.3 Å². The van der Waals surface area contributed by atoms with Gasteiger partial charge in [0.05, 0.1) is 29.5 Å². The number of carbonyl (C=O) groups is 5. The molecule has 2 aromatic heterocycles. The van der Waals surface area contributed by atoms with Gasteiger partial charge >= 0.3 is 5.97 Å². The van der Waals surface area contributed by atoms with Gasteiger partial charge in [-0.3, -0.25) is 39.3 Å². The van der Waals surface area contributed by atoms with Crippen LogP contribution >= 0.6 is 0 Å². The van der Waals surface area contributed by atoms with Crippen molar-refractivity contribution in [2.75, 3.05) is 39.9 Å². The van der Waals surface area contributed by atoms with E-state index in [2.05, 4.69) is 59.6 Å². The van der Waals surface area contributed by atoms with Crippen LogP contribution in [0.5, 0.6) is 5.75 Å². The average molecular weight is 971 g/mol. The highest BCUT2D eigenvalue weighted by Crippen LogP contribution is 2.46. The lowest BCUT2D eigenvalue weighted by atomic mass is 9.84. The fourth-order valence-electron chi connectivity index (χ4n) is 12.1. The first-order valence-electron chi connectivity index (χ1n) is 25.9. The SMILES string of the molecule is CCn1c(-c2cccnc2[C@H](C)OC)c2c3cc(ccc31)-c1cc(O)cc(c1)C[C@H](NC(=O)[C@H](C(C)C)N1CC[C@]3(CCN(C(=O)[C@@H]4N[C@@H]4C4CC4)C3)C1=O)C(=O)N1CCC[C@H](N1)C(=O)OCC(C)(C)C2. The van der Waals surface area contributed by atoms with E-state index in [9.17, 15) is 29.1 Å². The van der Waals surface area contributed by atoms with E-state index in [1.807, 2.05) is 43.9 Å². The number of aromatic nitrogens is 2. The summed E-state index contributed by atoms with van der Waals surface area (Å²) in [5, 5.41) is 20.3. The standard InChI is InChI=1S/C55H70N8O8/c1-8-61-43-16-15-35-27-39(43)40(48(61)38-11-9-19-56-44(38)32(4)70-7)28-54(5,6)30-71-52(68)41-12-10-20-63(59-41)50(66)42(25-33-23-36(35)26-37(64)24-33)57-49(65)47(31(2)3)62-22-18-55(53(62)69)17-21-60(29-55)51(67)46-45(58-46)34-13-14-34/h9,11,15-16,19,23-24,26-27,31-32,34,41-42,45-47,58-59,64H,8,10,12-14,17-18,20-22,25,28-30H2,1-7H3,(H,57,65)/t32-,41-,42-,45+,46+,47-,55-/m0/s1. The first-order valence-corrected chi connectivity index (χ1v) is 25.9. The summed E-state index contributed by atoms with van der Waals surface area (Å²) in [5.74, 6) is -1.18. The molecule has 5 fully saturated rings. The van der Waals surface area contributed by atoms with Gasteiger partial charge in [-0.1, -0.05) is 39.8 Å². The smallest absolute Gasteiger partial charge is 0.324 e. The van der Waals surface area contributed by atoms with E-state index in [0.29, 0.717) is 69.8 Å². The van der Waals surface area contributed by atoms with E-state index in [4.69, 9.17) is 14.5 Å². The number of methoxy groups -OCH3 is 1. The largest absolute Gasteiger partial charge is 0.508 e. The summed E-state index contributed by atoms with van der Waals surface area (Å²) in [6, 6.07) is 12.8. The van der Waals surface area contributed by atoms with Gasteiger partial charge in [-0.25, -0.2) is 5.43 Å². The fourth-order valence-corrected chi connectivity index (χ4v) is 12.1. The van der Waals surface area contributed by atoms with Gasteiger partial charge < -0.3 is 34.3 Å². The number of cyclic esters (lactones) is 1. The number of aryl methyl sites for hydroxylation is 1. The molecule has 16 nitrogen and oxygen atoms in total. The van der Waals surface area contributed by atoms with E-state index >= 15 is 0 Å². The summed E-state index contributed by atoms with van der Waals surface area (Å²) >= 11 is 0. The lowest BCUT2D eigenvalue weighted by Crippen LogP contribution is -2.62. The number of hydrogen-bond acceptors (Lipinski definition) is 11. The number of aromatic hydroxyl groups is 1. The highest BCUT2D eigenvalue weighted by molar-refractivity contribution is 5.97. The molecular formula is C55H70N8O8. The number of ether oxygens (including phenoxy) is 2. The van der Waals surface area contributed by atoms with Gasteiger partial charge in [-0.15, -0.1) is 0 Å². The van der Waals surface area contributed by atoms with Crippen LogP contribution in [0.3, 0.4) is 0 Å². The number of likely N-dealkylation sites (tertiary alicyclic amines) is 2. The third kappa shape index (κ3) is 9.31. The number of carbonyl (C=O) groups excluding carboxylic acids is 5. The number of nitrogens with zero attached hydrogens (tertiary/aromatic N) is 5. The van der Waals surface area contributed by atoms with Crippen LogP contribution in [-0.4, -0.2) is 129 Å². The van der Waals surface area contributed by atoms with Crippen molar-refractivity contribution in [3.05, 3.63) is 71.5 Å². The summed E-state index contributed by atoms with van der Waals surface area (Å²) in [6.45, 7) is 14.3. The van der Waals surface area contributed by atoms with E-state index in [1.165, 1.54) is 5.01 Å². The molecule has 4 N–H and O–H groups in total. The number of amides is 4. The molecule has 6 aliphatic rings. The van der Waals surface area contributed by atoms with Crippen LogP contribution in [0.4, 0.5) is 0 Å². The monoisotopic (exact) mass is 971 g/mol. The quantitative estimate of drug-likeness (QED) is 0.113. The number of rotatable bonds is 10. The van der Waals surface area contributed by atoms with Crippen LogP contribution in [0.15, 0.2) is 54.7 Å². The van der Waals surface area contributed by atoms with Crippen molar-refractivity contribution < 1.29 is 38.6 Å². The van der Waals surface area contributed by atoms with Crippen molar-refractivity contribution in [2.24, 2.45) is 22.7 Å². The molecule has 1 saturated carbocycles. The lowest BCUT2D eigenvalue weighted by molar-refractivity contribution is -0.155. The van der Waals surface area contributed by atoms with Crippen LogP contribution in [-0.2, 0) is 52.8 Å². The molecule has 6 bridgehead atoms. The second kappa shape index (κ2) is 19.0. The van der Waals surface area contributed by atoms with E-state index in [0.717, 1.165) is 57.4 Å². The summed E-state index contributed by atoms with van der Waals surface area (Å²) in [5.41, 5.74) is 8.90. The van der Waals surface area contributed by atoms with Gasteiger partial charge in [0, 0.05) is 80.4 Å². The topological polar surface area (TPSA) is 198 Å². The molecule has 5 aliphatic heterocycles. The van der Waals surface area contributed by atoms with Crippen LogP contribution < -0.4 is 16.1 Å². The Morgan fingerprint density at radius 3 is 2.54 bits per heavy atom. The van der Waals surface area contributed by atoms with Crippen LogP contribution in [0.1, 0.15) is 103 Å². The minimum Gasteiger partial charge on any atom is -0.508 e. The Bertz CT molecular complexity index is 2770. The molecule has 0 unspecified atom stereocenters. The highest BCUT2D eigenvalue weighted by atomic mass is 16.5. The Morgan fingerprint density at radius 1 is 1.00 bits per heavy atom. The number of fused-ring (bicyclic) bond motifs is 6. The van der Waals surface area contributed by atoms with Crippen molar-refractivity contribution >= 4 is 40.5 Å². The molecule has 1 aliphatic carbocycles. The van der Waals surface area contributed by atoms with Gasteiger partial charge in [0.1, 0.15) is 29.9 Å². The zero-order chi connectivity index (χ0) is 50.1. The molecule has 4 aromatic rings. The highest BCUT2D eigenvalue weighted by Gasteiger charge is 2.58. The maximum absolute atomic E-state index is 14.9. The molecule has 7 atom stereocenters. The van der Waals surface area contributed by atoms with Crippen LogP contribution in [0, 0.1) is 22.7 Å². The zero-order valence-electron chi connectivity index (χ0n) is 42.3. The number of benzene rings is 2. The zero-order valence-corrected chi connectivity index (χ0v) is 42.3. The Morgan fingerprint density at radius 2 is 1.79 bits per heavy atom. The Hall–Kier alpha value is -5.84. The third-order valence-electron chi connectivity index (χ3n) is 16.1. The minimum atomic E-state index is -1.14. The van der Waals surface area contributed by atoms with Crippen molar-refractivity contribution in [3.8, 4) is 28.1 Å². The summed E-state index contributed by atoms with van der Waals surface area (Å²) < 4.78 is 14.3. The van der Waals surface area contributed by atoms with Crippen molar-refractivity contribution in [1.82, 2.24) is 40.4 Å². The number of pyridine rings is 1. The fraction of sp³-hybridized carbons (Fsp3) is 0.564. The lowest BCUT2D eigenvalue weighted by Gasteiger charge is -2.37. The first-order chi connectivity index (χ1) is 34.0. The predicted octanol–water partition coefficient (Wildman–Crippen LogP) is 5.68. The first kappa shape index (κ1) is 48.8. The molecule has 4 amide bonds. The molecule has 378 valence electrons. The van der Waals surface area contributed by atoms with Crippen LogP contribution in [0.2, 0.25) is 0 Å². The van der Waals surface area contributed by atoms with Gasteiger partial charge in [0.25, 0.3) is 5.91 Å². The maximum atomic E-state index is 14.9. The van der Waals surface area contributed by atoms with Crippen molar-refractivity contribution in [3.63, 3.8) is 0 Å². The van der Waals surface area contributed by atoms with Gasteiger partial charge in [0.15, 0.2) is 0 Å².